The molecule has 0 unspecified atom stereocenters. The van der Waals surface area contributed by atoms with E-state index in [0.717, 1.165) is 34.4 Å². The van der Waals surface area contributed by atoms with Crippen LogP contribution < -0.4 is 5.32 Å². The van der Waals surface area contributed by atoms with E-state index in [4.69, 9.17) is 0 Å². The lowest BCUT2D eigenvalue weighted by Gasteiger charge is -2.07. The van der Waals surface area contributed by atoms with Gasteiger partial charge in [0.1, 0.15) is 5.82 Å². The second kappa shape index (κ2) is 6.57. The SMILES string of the molecule is C=CCc1ccc(-c2nccc(Nc3ccc4[nH]ncc4c3)n2)cc1. The van der Waals surface area contributed by atoms with E-state index in [9.17, 15) is 0 Å². The Labute approximate surface area is 145 Å². The van der Waals surface area contributed by atoms with Gasteiger partial charge in [-0.25, -0.2) is 9.97 Å². The van der Waals surface area contributed by atoms with Crippen LogP contribution in [0.15, 0.2) is 73.6 Å². The molecule has 25 heavy (non-hydrogen) atoms. The first-order valence-electron chi connectivity index (χ1n) is 8.05. The van der Waals surface area contributed by atoms with Crippen molar-refractivity contribution in [1.82, 2.24) is 20.2 Å². The standard InChI is InChI=1S/C20H17N5/c1-2-3-14-4-6-15(7-5-14)20-21-11-10-19(24-20)23-17-8-9-18-16(12-17)13-22-25-18/h2,4-13H,1,3H2,(H,22,25)(H,21,23,24). The van der Waals surface area contributed by atoms with Gasteiger partial charge in [0.25, 0.3) is 0 Å². The molecule has 4 rings (SSSR count). The maximum Gasteiger partial charge on any atom is 0.161 e. The molecule has 0 aliphatic carbocycles. The topological polar surface area (TPSA) is 66.5 Å². The average molecular weight is 327 g/mol. The highest BCUT2D eigenvalue weighted by Gasteiger charge is 2.04. The van der Waals surface area contributed by atoms with Crippen LogP contribution in [-0.4, -0.2) is 20.2 Å². The Morgan fingerprint density at radius 2 is 1.96 bits per heavy atom. The number of nitrogens with zero attached hydrogens (tertiary/aromatic N) is 3. The molecule has 0 spiro atoms. The Morgan fingerprint density at radius 1 is 1.08 bits per heavy atom. The molecule has 5 nitrogen and oxygen atoms in total. The van der Waals surface area contributed by atoms with Gasteiger partial charge < -0.3 is 5.32 Å². The van der Waals surface area contributed by atoms with Crippen molar-refractivity contribution < 1.29 is 0 Å². The van der Waals surface area contributed by atoms with Crippen molar-refractivity contribution in [2.75, 3.05) is 5.32 Å². The highest BCUT2D eigenvalue weighted by molar-refractivity contribution is 5.82. The van der Waals surface area contributed by atoms with E-state index in [0.29, 0.717) is 5.82 Å². The van der Waals surface area contributed by atoms with E-state index in [1.807, 2.05) is 42.5 Å². The fourth-order valence-corrected chi connectivity index (χ4v) is 2.69. The molecule has 0 bridgehead atoms. The molecule has 0 amide bonds. The molecule has 0 atom stereocenters. The minimum absolute atomic E-state index is 0.694. The zero-order chi connectivity index (χ0) is 17.1. The minimum Gasteiger partial charge on any atom is -0.340 e. The summed E-state index contributed by atoms with van der Waals surface area (Å²) in [6.07, 6.45) is 6.32. The maximum absolute atomic E-state index is 4.62. The fourth-order valence-electron chi connectivity index (χ4n) is 2.69. The number of benzene rings is 2. The number of aromatic nitrogens is 4. The van der Waals surface area contributed by atoms with Crippen molar-refractivity contribution in [3.8, 4) is 11.4 Å². The second-order valence-corrected chi connectivity index (χ2v) is 5.75. The third kappa shape index (κ3) is 3.26. The molecule has 0 fully saturated rings. The summed E-state index contributed by atoms with van der Waals surface area (Å²) in [4.78, 5) is 9.00. The van der Waals surface area contributed by atoms with Crippen LogP contribution in [0, 0.1) is 0 Å². The van der Waals surface area contributed by atoms with Gasteiger partial charge in [-0.05, 0) is 36.2 Å². The summed E-state index contributed by atoms with van der Waals surface area (Å²) in [6.45, 7) is 3.76. The van der Waals surface area contributed by atoms with Crippen LogP contribution in [0.2, 0.25) is 0 Å². The number of aromatic amines is 1. The zero-order valence-corrected chi connectivity index (χ0v) is 13.6. The van der Waals surface area contributed by atoms with E-state index in [2.05, 4.69) is 44.2 Å². The molecule has 2 aromatic carbocycles. The molecule has 0 saturated heterocycles. The van der Waals surface area contributed by atoms with Crippen LogP contribution in [0.1, 0.15) is 5.56 Å². The van der Waals surface area contributed by atoms with Gasteiger partial charge in [0.2, 0.25) is 0 Å². The van der Waals surface area contributed by atoms with Crippen LogP contribution in [0.4, 0.5) is 11.5 Å². The van der Waals surface area contributed by atoms with Gasteiger partial charge >= 0.3 is 0 Å². The van der Waals surface area contributed by atoms with Crippen molar-refractivity contribution in [2.24, 2.45) is 0 Å². The third-order valence-corrected chi connectivity index (χ3v) is 3.96. The molecule has 0 aliphatic rings. The van der Waals surface area contributed by atoms with Gasteiger partial charge in [-0.3, -0.25) is 5.10 Å². The summed E-state index contributed by atoms with van der Waals surface area (Å²) in [5.74, 6) is 1.45. The summed E-state index contributed by atoms with van der Waals surface area (Å²) in [7, 11) is 0. The third-order valence-electron chi connectivity index (χ3n) is 3.96. The molecule has 2 heterocycles. The largest absolute Gasteiger partial charge is 0.340 e. The summed E-state index contributed by atoms with van der Waals surface area (Å²) in [5, 5.41) is 11.4. The predicted molar refractivity (Wildman–Crippen MR) is 101 cm³/mol. The van der Waals surface area contributed by atoms with Gasteiger partial charge in [0.05, 0.1) is 11.7 Å². The first-order valence-corrected chi connectivity index (χ1v) is 8.05. The van der Waals surface area contributed by atoms with Crippen LogP contribution in [0.3, 0.4) is 0 Å². The normalized spacial score (nSPS) is 10.7. The van der Waals surface area contributed by atoms with Gasteiger partial charge in [0, 0.05) is 22.8 Å². The van der Waals surface area contributed by atoms with Crippen molar-refractivity contribution in [3.63, 3.8) is 0 Å². The summed E-state index contributed by atoms with van der Waals surface area (Å²) >= 11 is 0. The number of fused-ring (bicyclic) bond motifs is 1. The minimum atomic E-state index is 0.694. The highest BCUT2D eigenvalue weighted by atomic mass is 15.1. The lowest BCUT2D eigenvalue weighted by molar-refractivity contribution is 1.12. The van der Waals surface area contributed by atoms with E-state index in [-0.39, 0.29) is 0 Å². The number of allylic oxidation sites excluding steroid dienone is 1. The first kappa shape index (κ1) is 15.1. The molecule has 0 saturated carbocycles. The van der Waals surface area contributed by atoms with Gasteiger partial charge in [-0.15, -0.1) is 6.58 Å². The summed E-state index contributed by atoms with van der Waals surface area (Å²) in [6, 6.07) is 16.1. The molecule has 5 heteroatoms. The van der Waals surface area contributed by atoms with Crippen LogP contribution in [0.25, 0.3) is 22.3 Å². The van der Waals surface area contributed by atoms with Crippen molar-refractivity contribution >= 4 is 22.4 Å². The Kier molecular flexibility index (Phi) is 3.96. The highest BCUT2D eigenvalue weighted by Crippen LogP contribution is 2.22. The molecular formula is C20H17N5. The van der Waals surface area contributed by atoms with Gasteiger partial charge in [-0.1, -0.05) is 30.3 Å². The lowest BCUT2D eigenvalue weighted by Crippen LogP contribution is -1.96. The van der Waals surface area contributed by atoms with Crippen molar-refractivity contribution in [3.05, 3.63) is 79.1 Å². The Balaban J connectivity index is 1.59. The van der Waals surface area contributed by atoms with Gasteiger partial charge in [0.15, 0.2) is 5.82 Å². The molecule has 2 N–H and O–H groups in total. The number of hydrogen-bond acceptors (Lipinski definition) is 4. The fraction of sp³-hybridized carbons (Fsp3) is 0.0500. The Hall–Kier alpha value is -3.47. The smallest absolute Gasteiger partial charge is 0.161 e. The molecule has 0 radical (unpaired) electrons. The molecule has 2 aromatic heterocycles. The average Bonchev–Trinajstić information content (AvgIpc) is 3.11. The number of nitrogens with one attached hydrogen (secondary N) is 2. The van der Waals surface area contributed by atoms with E-state index in [1.54, 1.807) is 12.4 Å². The van der Waals surface area contributed by atoms with E-state index >= 15 is 0 Å². The zero-order valence-electron chi connectivity index (χ0n) is 13.6. The number of hydrogen-bond donors (Lipinski definition) is 2. The van der Waals surface area contributed by atoms with Gasteiger partial charge in [-0.2, -0.15) is 5.10 Å². The van der Waals surface area contributed by atoms with Crippen LogP contribution in [0.5, 0.6) is 0 Å². The Morgan fingerprint density at radius 3 is 2.80 bits per heavy atom. The van der Waals surface area contributed by atoms with E-state index < -0.39 is 0 Å². The first-order chi connectivity index (χ1) is 12.3. The van der Waals surface area contributed by atoms with Crippen molar-refractivity contribution in [2.45, 2.75) is 6.42 Å². The maximum atomic E-state index is 4.62. The van der Waals surface area contributed by atoms with Crippen LogP contribution in [-0.2, 0) is 6.42 Å². The summed E-state index contributed by atoms with van der Waals surface area (Å²) < 4.78 is 0. The van der Waals surface area contributed by atoms with Crippen molar-refractivity contribution in [1.29, 1.82) is 0 Å². The van der Waals surface area contributed by atoms with Crippen LogP contribution >= 0.6 is 0 Å². The van der Waals surface area contributed by atoms with E-state index in [1.165, 1.54) is 5.56 Å². The summed E-state index contributed by atoms with van der Waals surface area (Å²) in [5.41, 5.74) is 4.18. The molecule has 122 valence electrons. The quantitative estimate of drug-likeness (QED) is 0.530. The number of rotatable bonds is 5. The molecule has 0 aliphatic heterocycles. The predicted octanol–water partition coefficient (Wildman–Crippen LogP) is 4.49. The molecule has 4 aromatic rings. The monoisotopic (exact) mass is 327 g/mol. The number of anilines is 2. The lowest BCUT2D eigenvalue weighted by atomic mass is 10.1. The second-order valence-electron chi connectivity index (χ2n) is 5.75. The molecular weight excluding hydrogens is 310 g/mol. The Bertz CT molecular complexity index is 1020. The number of H-pyrrole nitrogens is 1.